The molecule has 0 fully saturated rings. The Morgan fingerprint density at radius 3 is 1.77 bits per heavy atom. The lowest BCUT2D eigenvalue weighted by atomic mass is 10.1. The van der Waals surface area contributed by atoms with Crippen LogP contribution in [-0.2, 0) is 0 Å². The normalized spacial score (nSPS) is 13.3. The van der Waals surface area contributed by atoms with Crippen molar-refractivity contribution in [1.82, 2.24) is 9.97 Å². The van der Waals surface area contributed by atoms with E-state index in [1.54, 1.807) is 0 Å². The molecule has 0 aliphatic rings. The van der Waals surface area contributed by atoms with Crippen molar-refractivity contribution in [2.24, 2.45) is 10.1 Å². The average Bonchev–Trinajstić information content (AvgIpc) is 2.47. The topological polar surface area (TPSA) is 145 Å². The molecule has 0 saturated carbocycles. The summed E-state index contributed by atoms with van der Waals surface area (Å²) in [5.41, 5.74) is -2.97. The summed E-state index contributed by atoms with van der Waals surface area (Å²) in [4.78, 5) is 56.5. The van der Waals surface area contributed by atoms with Crippen LogP contribution in [0.1, 0.15) is 0 Å². The molecular weight excluding hydrogens is 292 g/mol. The summed E-state index contributed by atoms with van der Waals surface area (Å²) in [6.07, 6.45) is 0. The monoisotopic (exact) mass is 300 g/mol. The van der Waals surface area contributed by atoms with E-state index in [4.69, 9.17) is 5.21 Å². The van der Waals surface area contributed by atoms with E-state index in [2.05, 4.69) is 20.1 Å². The molecule has 1 aromatic carbocycles. The first-order valence-corrected chi connectivity index (χ1v) is 6.07. The molecule has 3 rings (SSSR count). The van der Waals surface area contributed by atoms with Gasteiger partial charge in [0.25, 0.3) is 11.1 Å². The average molecular weight is 300 g/mol. The van der Waals surface area contributed by atoms with Crippen molar-refractivity contribution in [3.8, 4) is 0 Å². The number of fused-ring (bicyclic) bond motifs is 3. The van der Waals surface area contributed by atoms with Crippen LogP contribution in [0.2, 0.25) is 0 Å². The smallest absolute Gasteiger partial charge is 0.281 e. The van der Waals surface area contributed by atoms with Gasteiger partial charge in [-0.2, -0.15) is 0 Å². The van der Waals surface area contributed by atoms with Gasteiger partial charge in [0.15, 0.2) is 5.36 Å². The fraction of sp³-hybridized carbons (Fsp3) is 0.0769. The Bertz CT molecular complexity index is 1170. The quantitative estimate of drug-likeness (QED) is 0.245. The number of hydrogen-bond donors (Lipinski definition) is 3. The van der Waals surface area contributed by atoms with Crippen LogP contribution in [0.4, 0.5) is 0 Å². The SMILES string of the molecule is CN=c1c(=O)[nH]c2ccc3[nH]c(=O)/c(=N/O)c(=O)c3c2c1=O. The summed E-state index contributed by atoms with van der Waals surface area (Å²) in [5, 5.41) is 10.1. The molecule has 0 radical (unpaired) electrons. The molecule has 0 unspecified atom stereocenters. The molecule has 3 aromatic rings. The first kappa shape index (κ1) is 13.6. The van der Waals surface area contributed by atoms with Crippen LogP contribution in [0, 0.1) is 0 Å². The van der Waals surface area contributed by atoms with Gasteiger partial charge in [0.05, 0.1) is 21.8 Å². The summed E-state index contributed by atoms with van der Waals surface area (Å²) in [6.45, 7) is 0. The van der Waals surface area contributed by atoms with E-state index in [0.29, 0.717) is 0 Å². The Morgan fingerprint density at radius 2 is 1.32 bits per heavy atom. The molecule has 3 N–H and O–H groups in total. The predicted molar refractivity (Wildman–Crippen MR) is 76.4 cm³/mol. The molecule has 9 heteroatoms. The van der Waals surface area contributed by atoms with Crippen molar-refractivity contribution in [1.29, 1.82) is 0 Å². The first-order chi connectivity index (χ1) is 10.5. The van der Waals surface area contributed by atoms with Crippen molar-refractivity contribution in [3.05, 3.63) is 64.0 Å². The van der Waals surface area contributed by atoms with Gasteiger partial charge in [0.2, 0.25) is 16.2 Å². The highest BCUT2D eigenvalue weighted by Crippen LogP contribution is 2.13. The second-order valence-electron chi connectivity index (χ2n) is 4.50. The van der Waals surface area contributed by atoms with Gasteiger partial charge >= 0.3 is 0 Å². The zero-order valence-electron chi connectivity index (χ0n) is 11.1. The molecule has 9 nitrogen and oxygen atoms in total. The van der Waals surface area contributed by atoms with Crippen LogP contribution in [-0.4, -0.2) is 22.2 Å². The number of nitrogens with one attached hydrogen (secondary N) is 2. The van der Waals surface area contributed by atoms with E-state index in [0.717, 1.165) is 0 Å². The Kier molecular flexibility index (Phi) is 2.84. The van der Waals surface area contributed by atoms with Gasteiger partial charge in [-0.05, 0) is 12.1 Å². The zero-order valence-corrected chi connectivity index (χ0v) is 11.1. The van der Waals surface area contributed by atoms with E-state index in [-0.39, 0.29) is 27.2 Å². The number of hydrogen-bond acceptors (Lipinski definition) is 7. The minimum absolute atomic E-state index is 0.0937. The largest absolute Gasteiger partial charge is 0.410 e. The summed E-state index contributed by atoms with van der Waals surface area (Å²) in [6, 6.07) is 2.77. The number of rotatable bonds is 0. The van der Waals surface area contributed by atoms with Gasteiger partial charge in [-0.15, -0.1) is 0 Å². The maximum Gasteiger partial charge on any atom is 0.281 e. The number of aromatic amines is 2. The molecule has 2 heterocycles. The Hall–Kier alpha value is -3.36. The molecule has 0 aliphatic carbocycles. The third kappa shape index (κ3) is 1.65. The van der Waals surface area contributed by atoms with Crippen molar-refractivity contribution < 1.29 is 5.21 Å². The summed E-state index contributed by atoms with van der Waals surface area (Å²) >= 11 is 0. The van der Waals surface area contributed by atoms with Gasteiger partial charge < -0.3 is 15.2 Å². The maximum atomic E-state index is 12.4. The van der Waals surface area contributed by atoms with E-state index in [1.807, 2.05) is 0 Å². The van der Waals surface area contributed by atoms with E-state index >= 15 is 0 Å². The maximum absolute atomic E-state index is 12.4. The van der Waals surface area contributed by atoms with Crippen molar-refractivity contribution >= 4 is 21.8 Å². The number of aromatic nitrogens is 2. The van der Waals surface area contributed by atoms with E-state index in [1.165, 1.54) is 19.2 Å². The summed E-state index contributed by atoms with van der Waals surface area (Å²) in [5.74, 6) is 0. The van der Waals surface area contributed by atoms with Crippen LogP contribution in [0.25, 0.3) is 21.8 Å². The lowest BCUT2D eigenvalue weighted by Crippen LogP contribution is -2.43. The molecule has 0 bridgehead atoms. The molecule has 2 aromatic heterocycles. The number of benzene rings is 1. The van der Waals surface area contributed by atoms with Crippen molar-refractivity contribution in [3.63, 3.8) is 0 Å². The van der Waals surface area contributed by atoms with Crippen LogP contribution >= 0.6 is 0 Å². The Labute approximate surface area is 119 Å². The van der Waals surface area contributed by atoms with Crippen LogP contribution < -0.4 is 32.7 Å². The van der Waals surface area contributed by atoms with Gasteiger partial charge in [0.1, 0.15) is 0 Å². The highest BCUT2D eigenvalue weighted by molar-refractivity contribution is 6.04. The lowest BCUT2D eigenvalue weighted by molar-refractivity contribution is 0.300. The minimum Gasteiger partial charge on any atom is -0.410 e. The third-order valence-electron chi connectivity index (χ3n) is 3.34. The number of H-pyrrole nitrogens is 2. The van der Waals surface area contributed by atoms with Crippen LogP contribution in [0.5, 0.6) is 0 Å². The van der Waals surface area contributed by atoms with Crippen LogP contribution in [0.15, 0.2) is 41.5 Å². The molecule has 0 aliphatic heterocycles. The molecule has 0 saturated heterocycles. The molecule has 0 spiro atoms. The minimum atomic E-state index is -0.905. The fourth-order valence-electron chi connectivity index (χ4n) is 2.38. The zero-order chi connectivity index (χ0) is 16.0. The number of nitrogens with zero attached hydrogens (tertiary/aromatic N) is 2. The molecule has 0 amide bonds. The van der Waals surface area contributed by atoms with E-state index < -0.39 is 27.3 Å². The predicted octanol–water partition coefficient (Wildman–Crippen LogP) is -2.21. The number of pyridine rings is 2. The van der Waals surface area contributed by atoms with Gasteiger partial charge in [-0.1, -0.05) is 5.16 Å². The lowest BCUT2D eigenvalue weighted by Gasteiger charge is -2.01. The van der Waals surface area contributed by atoms with Gasteiger partial charge in [-0.3, -0.25) is 24.2 Å². The Morgan fingerprint density at radius 1 is 0.864 bits per heavy atom. The highest BCUT2D eigenvalue weighted by atomic mass is 16.4. The molecule has 22 heavy (non-hydrogen) atoms. The van der Waals surface area contributed by atoms with Crippen molar-refractivity contribution in [2.75, 3.05) is 7.05 Å². The molecule has 0 atom stereocenters. The fourth-order valence-corrected chi connectivity index (χ4v) is 2.38. The molecule has 110 valence electrons. The third-order valence-corrected chi connectivity index (χ3v) is 3.34. The Balaban J connectivity index is 2.87. The van der Waals surface area contributed by atoms with Crippen molar-refractivity contribution in [2.45, 2.75) is 0 Å². The van der Waals surface area contributed by atoms with Crippen LogP contribution in [0.3, 0.4) is 0 Å². The summed E-state index contributed by atoms with van der Waals surface area (Å²) < 4.78 is 0. The van der Waals surface area contributed by atoms with Gasteiger partial charge in [-0.25, -0.2) is 0 Å². The highest BCUT2D eigenvalue weighted by Gasteiger charge is 2.14. The first-order valence-electron chi connectivity index (χ1n) is 6.07. The second kappa shape index (κ2) is 4.58. The summed E-state index contributed by atoms with van der Waals surface area (Å²) in [7, 11) is 1.28. The standard InChI is InChI=1S/C13H8N4O5/c1-14-8-10(18)6-4(15-12(8)20)2-3-5-7(6)11(19)9(17-22)13(21)16-5/h2-3,22H,1H3,(H,15,20)(H,16,21)/b14-8?,17-9+. The molecular formula is C13H8N4O5. The second-order valence-corrected chi connectivity index (χ2v) is 4.50. The van der Waals surface area contributed by atoms with Gasteiger partial charge in [0, 0.05) is 7.05 Å². The van der Waals surface area contributed by atoms with E-state index in [9.17, 15) is 19.2 Å².